The van der Waals surface area contributed by atoms with Gasteiger partial charge in [0.15, 0.2) is 11.7 Å². The molecule has 0 spiro atoms. The Morgan fingerprint density at radius 1 is 1.38 bits per heavy atom. The van der Waals surface area contributed by atoms with Crippen LogP contribution in [0.4, 0.5) is 4.39 Å². The monoisotopic (exact) mass is 403 g/mol. The number of likely N-dealkylation sites (N-methyl/N-ethyl adjacent to an activating group) is 1. The van der Waals surface area contributed by atoms with Gasteiger partial charge in [-0.1, -0.05) is 12.1 Å². The number of likely N-dealkylation sites (tertiary alicyclic amines) is 1. The van der Waals surface area contributed by atoms with Crippen molar-refractivity contribution in [3.8, 4) is 11.3 Å². The Morgan fingerprint density at radius 2 is 2.15 bits per heavy atom. The number of carbonyl (C=O) groups excluding carboxylic acids is 1. The molecule has 3 rings (SSSR count). The molecule has 1 unspecified atom stereocenters. The van der Waals surface area contributed by atoms with E-state index in [0.717, 1.165) is 25.9 Å². The van der Waals surface area contributed by atoms with E-state index in [9.17, 15) is 9.18 Å². The molecule has 1 N–H and O–H groups in total. The highest BCUT2D eigenvalue weighted by Gasteiger charge is 2.27. The molecule has 2 aromatic rings. The summed E-state index contributed by atoms with van der Waals surface area (Å²) in [5.41, 5.74) is 0.385. The van der Waals surface area contributed by atoms with Gasteiger partial charge in [0.05, 0.1) is 11.8 Å². The smallest absolute Gasteiger partial charge is 0.223 e. The molecule has 1 aromatic heterocycles. The van der Waals surface area contributed by atoms with Crippen LogP contribution in [0.1, 0.15) is 25.2 Å². The fraction of sp³-hybridized carbons (Fsp3) is 0.444. The Morgan fingerprint density at radius 3 is 2.88 bits per heavy atom. The van der Waals surface area contributed by atoms with Gasteiger partial charge in [-0.15, -0.1) is 24.8 Å². The van der Waals surface area contributed by atoms with Gasteiger partial charge < -0.3 is 14.6 Å². The molecule has 0 saturated carbocycles. The third kappa shape index (κ3) is 5.19. The first-order valence-electron chi connectivity index (χ1n) is 8.32. The van der Waals surface area contributed by atoms with E-state index in [0.29, 0.717) is 30.1 Å². The summed E-state index contributed by atoms with van der Waals surface area (Å²) in [5, 5.41) is 3.13. The lowest BCUT2D eigenvalue weighted by atomic mass is 10.2. The number of hydrogen-bond donors (Lipinski definition) is 1. The quantitative estimate of drug-likeness (QED) is 0.801. The normalized spacial score (nSPS) is 16.1. The van der Waals surface area contributed by atoms with Gasteiger partial charge >= 0.3 is 0 Å². The maximum Gasteiger partial charge on any atom is 0.223 e. The summed E-state index contributed by atoms with van der Waals surface area (Å²) in [6.45, 7) is 1.64. The first-order chi connectivity index (χ1) is 11.7. The molecule has 1 aliphatic rings. The molecule has 26 heavy (non-hydrogen) atoms. The number of aromatic nitrogens is 1. The van der Waals surface area contributed by atoms with Crippen LogP contribution >= 0.6 is 24.8 Å². The molecule has 1 fully saturated rings. The molecule has 8 heteroatoms. The van der Waals surface area contributed by atoms with Crippen molar-refractivity contribution >= 4 is 30.7 Å². The first kappa shape index (κ1) is 22.4. The van der Waals surface area contributed by atoms with E-state index in [1.165, 1.54) is 12.3 Å². The molecular formula is C18H24Cl2FN3O2. The Kier molecular flexibility index (Phi) is 9.05. The number of halogens is 3. The van der Waals surface area contributed by atoms with Gasteiger partial charge in [0, 0.05) is 32.0 Å². The summed E-state index contributed by atoms with van der Waals surface area (Å²) >= 11 is 0. The second-order valence-corrected chi connectivity index (χ2v) is 6.04. The van der Waals surface area contributed by atoms with Crippen molar-refractivity contribution in [1.29, 1.82) is 0 Å². The zero-order chi connectivity index (χ0) is 16.9. The van der Waals surface area contributed by atoms with E-state index >= 15 is 0 Å². The molecule has 1 amide bonds. The maximum absolute atomic E-state index is 13.8. The molecule has 1 saturated heterocycles. The fourth-order valence-electron chi connectivity index (χ4n) is 3.18. The molecular weight excluding hydrogens is 380 g/mol. The SMILES string of the molecule is CNCC1CCCN1C(=O)CCc1ncc(-c2ccccc2F)o1.Cl.Cl. The highest BCUT2D eigenvalue weighted by atomic mass is 35.5. The van der Waals surface area contributed by atoms with Gasteiger partial charge in [0.25, 0.3) is 0 Å². The third-order valence-corrected chi connectivity index (χ3v) is 4.38. The standard InChI is InChI=1S/C18H22FN3O2.2ClH/c1-20-11-13-5-4-10-22(13)18(23)9-8-17-21-12-16(24-17)14-6-2-3-7-15(14)19;;/h2-3,6-7,12-13,20H,4-5,8-11H2,1H3;2*1H. The van der Waals surface area contributed by atoms with Crippen molar-refractivity contribution in [3.05, 3.63) is 42.2 Å². The van der Waals surface area contributed by atoms with Crippen molar-refractivity contribution in [3.63, 3.8) is 0 Å². The van der Waals surface area contributed by atoms with Crippen LogP contribution in [0.3, 0.4) is 0 Å². The third-order valence-electron chi connectivity index (χ3n) is 4.38. The average Bonchev–Trinajstić information content (AvgIpc) is 3.23. The summed E-state index contributed by atoms with van der Waals surface area (Å²) in [6, 6.07) is 6.69. The van der Waals surface area contributed by atoms with Crippen LogP contribution in [0.5, 0.6) is 0 Å². The number of nitrogens with zero attached hydrogens (tertiary/aromatic N) is 2. The van der Waals surface area contributed by atoms with Crippen molar-refractivity contribution in [2.24, 2.45) is 0 Å². The van der Waals surface area contributed by atoms with Crippen molar-refractivity contribution < 1.29 is 13.6 Å². The Bertz CT molecular complexity index is 711. The van der Waals surface area contributed by atoms with Crippen LogP contribution in [-0.2, 0) is 11.2 Å². The Balaban J connectivity index is 0.00000169. The van der Waals surface area contributed by atoms with Gasteiger partial charge in [-0.05, 0) is 32.0 Å². The second-order valence-electron chi connectivity index (χ2n) is 6.04. The number of amides is 1. The van der Waals surface area contributed by atoms with E-state index in [4.69, 9.17) is 4.42 Å². The van der Waals surface area contributed by atoms with Crippen LogP contribution in [-0.4, -0.2) is 42.0 Å². The molecule has 1 aromatic carbocycles. The molecule has 1 atom stereocenters. The first-order valence-corrected chi connectivity index (χ1v) is 8.32. The number of oxazole rings is 1. The highest BCUT2D eigenvalue weighted by molar-refractivity contribution is 5.85. The summed E-state index contributed by atoms with van der Waals surface area (Å²) in [6.07, 6.45) is 4.39. The van der Waals surface area contributed by atoms with Crippen LogP contribution in [0.25, 0.3) is 11.3 Å². The lowest BCUT2D eigenvalue weighted by molar-refractivity contribution is -0.131. The van der Waals surface area contributed by atoms with Crippen molar-refractivity contribution in [2.75, 3.05) is 20.1 Å². The summed E-state index contributed by atoms with van der Waals surface area (Å²) in [7, 11) is 1.90. The van der Waals surface area contributed by atoms with E-state index in [1.807, 2.05) is 11.9 Å². The highest BCUT2D eigenvalue weighted by Crippen LogP contribution is 2.24. The van der Waals surface area contributed by atoms with Crippen molar-refractivity contribution in [1.82, 2.24) is 15.2 Å². The van der Waals surface area contributed by atoms with Crippen LogP contribution in [0.15, 0.2) is 34.9 Å². The average molecular weight is 404 g/mol. The summed E-state index contributed by atoms with van der Waals surface area (Å²) in [4.78, 5) is 18.5. The minimum Gasteiger partial charge on any atom is -0.441 e. The minimum absolute atomic E-state index is 0. The maximum atomic E-state index is 13.8. The predicted molar refractivity (Wildman–Crippen MR) is 103 cm³/mol. The van der Waals surface area contributed by atoms with Gasteiger partial charge in [-0.3, -0.25) is 4.79 Å². The van der Waals surface area contributed by atoms with E-state index < -0.39 is 0 Å². The van der Waals surface area contributed by atoms with E-state index in [-0.39, 0.29) is 42.6 Å². The van der Waals surface area contributed by atoms with E-state index in [2.05, 4.69) is 10.3 Å². The number of aryl methyl sites for hydroxylation is 1. The molecule has 144 valence electrons. The van der Waals surface area contributed by atoms with Crippen LogP contribution in [0.2, 0.25) is 0 Å². The molecule has 0 radical (unpaired) electrons. The molecule has 0 aliphatic carbocycles. The largest absolute Gasteiger partial charge is 0.441 e. The Labute approximate surface area is 165 Å². The van der Waals surface area contributed by atoms with E-state index in [1.54, 1.807) is 18.2 Å². The molecule has 0 bridgehead atoms. The van der Waals surface area contributed by atoms with Gasteiger partial charge in [0.1, 0.15) is 5.82 Å². The zero-order valence-electron chi connectivity index (χ0n) is 14.6. The topological polar surface area (TPSA) is 58.4 Å². The molecule has 5 nitrogen and oxygen atoms in total. The van der Waals surface area contributed by atoms with Gasteiger partial charge in [-0.25, -0.2) is 9.37 Å². The lowest BCUT2D eigenvalue weighted by Crippen LogP contribution is -2.40. The van der Waals surface area contributed by atoms with Gasteiger partial charge in [-0.2, -0.15) is 0 Å². The number of rotatable bonds is 6. The van der Waals surface area contributed by atoms with Crippen LogP contribution < -0.4 is 5.32 Å². The summed E-state index contributed by atoms with van der Waals surface area (Å²) < 4.78 is 19.4. The number of benzene rings is 1. The lowest BCUT2D eigenvalue weighted by Gasteiger charge is -2.24. The van der Waals surface area contributed by atoms with Crippen molar-refractivity contribution in [2.45, 2.75) is 31.7 Å². The van der Waals surface area contributed by atoms with Crippen LogP contribution in [0, 0.1) is 5.82 Å². The minimum atomic E-state index is -0.344. The molecule has 2 heterocycles. The second kappa shape index (κ2) is 10.5. The Hall–Kier alpha value is -1.63. The number of carbonyl (C=O) groups is 1. The molecule has 1 aliphatic heterocycles. The number of hydrogen-bond acceptors (Lipinski definition) is 4. The fourth-order valence-corrected chi connectivity index (χ4v) is 3.18. The van der Waals surface area contributed by atoms with Gasteiger partial charge in [0.2, 0.25) is 5.91 Å². The number of nitrogens with one attached hydrogen (secondary N) is 1. The summed E-state index contributed by atoms with van der Waals surface area (Å²) in [5.74, 6) is 0.636. The zero-order valence-corrected chi connectivity index (χ0v) is 16.2. The predicted octanol–water partition coefficient (Wildman–Crippen LogP) is 3.47.